The number of rotatable bonds is 14. The molecule has 0 aliphatic carbocycles. The molecule has 0 aliphatic heterocycles. The quantitative estimate of drug-likeness (QED) is 0.253. The van der Waals surface area contributed by atoms with Crippen molar-refractivity contribution in [2.24, 2.45) is 0 Å². The maximum Gasteiger partial charge on any atom is 0.264 e. The highest BCUT2D eigenvalue weighted by atomic mass is 32.2. The monoisotopic (exact) mass is 609 g/mol. The minimum Gasteiger partial charge on any atom is -0.493 e. The molecule has 0 radical (unpaired) electrons. The predicted molar refractivity (Wildman–Crippen MR) is 169 cm³/mol. The van der Waals surface area contributed by atoms with Crippen molar-refractivity contribution in [3.63, 3.8) is 0 Å². The number of carbonyl (C=O) groups excluding carboxylic acids is 2. The van der Waals surface area contributed by atoms with Crippen molar-refractivity contribution in [1.29, 1.82) is 0 Å². The number of anilines is 1. The summed E-state index contributed by atoms with van der Waals surface area (Å²) in [6, 6.07) is 16.5. The Morgan fingerprint density at radius 3 is 2.16 bits per heavy atom. The highest BCUT2D eigenvalue weighted by molar-refractivity contribution is 7.92. The molecule has 9 nitrogen and oxygen atoms in total. The normalized spacial score (nSPS) is 11.9. The fraction of sp³-hybridized carbons (Fsp3) is 0.394. The molecular weight excluding hydrogens is 566 g/mol. The van der Waals surface area contributed by atoms with Crippen LogP contribution in [0.3, 0.4) is 0 Å². The predicted octanol–water partition coefficient (Wildman–Crippen LogP) is 5.16. The lowest BCUT2D eigenvalue weighted by Gasteiger charge is -2.32. The van der Waals surface area contributed by atoms with Crippen LogP contribution in [0.25, 0.3) is 0 Å². The van der Waals surface area contributed by atoms with E-state index in [1.807, 2.05) is 58.0 Å². The van der Waals surface area contributed by atoms with Crippen LogP contribution in [0.5, 0.6) is 11.5 Å². The van der Waals surface area contributed by atoms with Crippen molar-refractivity contribution in [2.75, 3.05) is 31.6 Å². The van der Waals surface area contributed by atoms with Gasteiger partial charge in [-0.15, -0.1) is 0 Å². The molecule has 2 amide bonds. The average Bonchev–Trinajstić information content (AvgIpc) is 2.98. The lowest BCUT2D eigenvalue weighted by Crippen LogP contribution is -2.51. The first-order valence-corrected chi connectivity index (χ1v) is 15.8. The third-order valence-corrected chi connectivity index (χ3v) is 9.08. The van der Waals surface area contributed by atoms with E-state index in [4.69, 9.17) is 9.47 Å². The van der Waals surface area contributed by atoms with E-state index in [1.54, 1.807) is 19.1 Å². The van der Waals surface area contributed by atoms with Gasteiger partial charge in [0.2, 0.25) is 11.8 Å². The van der Waals surface area contributed by atoms with Crippen molar-refractivity contribution in [2.45, 2.75) is 64.9 Å². The first-order valence-electron chi connectivity index (χ1n) is 14.4. The highest BCUT2D eigenvalue weighted by Gasteiger charge is 2.33. The number of carbonyl (C=O) groups is 2. The van der Waals surface area contributed by atoms with E-state index in [2.05, 4.69) is 5.32 Å². The molecule has 1 N–H and O–H groups in total. The summed E-state index contributed by atoms with van der Waals surface area (Å²) in [4.78, 5) is 28.7. The van der Waals surface area contributed by atoms with Crippen molar-refractivity contribution in [3.05, 3.63) is 82.9 Å². The summed E-state index contributed by atoms with van der Waals surface area (Å²) in [5, 5.41) is 2.91. The minimum atomic E-state index is -4.27. The zero-order chi connectivity index (χ0) is 31.7. The van der Waals surface area contributed by atoms with Crippen LogP contribution in [0.1, 0.15) is 48.9 Å². The van der Waals surface area contributed by atoms with E-state index in [1.165, 1.54) is 37.3 Å². The van der Waals surface area contributed by atoms with Gasteiger partial charge in [-0.2, -0.15) is 0 Å². The van der Waals surface area contributed by atoms with Gasteiger partial charge in [0.1, 0.15) is 12.6 Å². The third-order valence-electron chi connectivity index (χ3n) is 7.32. The van der Waals surface area contributed by atoms with Crippen LogP contribution >= 0.6 is 0 Å². The van der Waals surface area contributed by atoms with E-state index in [0.717, 1.165) is 39.4 Å². The summed E-state index contributed by atoms with van der Waals surface area (Å²) in [5.41, 5.74) is 3.86. The molecule has 0 fully saturated rings. The van der Waals surface area contributed by atoms with Gasteiger partial charge in [0.25, 0.3) is 10.0 Å². The van der Waals surface area contributed by atoms with Gasteiger partial charge in [-0.25, -0.2) is 8.42 Å². The molecule has 0 spiro atoms. The van der Waals surface area contributed by atoms with Gasteiger partial charge in [0.15, 0.2) is 11.5 Å². The van der Waals surface area contributed by atoms with Gasteiger partial charge < -0.3 is 19.7 Å². The number of benzene rings is 3. The van der Waals surface area contributed by atoms with Gasteiger partial charge in [0.05, 0.1) is 24.8 Å². The maximum absolute atomic E-state index is 14.3. The lowest BCUT2D eigenvalue weighted by molar-refractivity contribution is -0.139. The molecule has 0 saturated carbocycles. The Labute approximate surface area is 255 Å². The molecule has 10 heteroatoms. The molecule has 0 aliphatic rings. The van der Waals surface area contributed by atoms with Crippen molar-refractivity contribution < 1.29 is 27.5 Å². The van der Waals surface area contributed by atoms with Gasteiger partial charge in [-0.1, -0.05) is 43.7 Å². The Morgan fingerprint density at radius 2 is 1.56 bits per heavy atom. The second-order valence-electron chi connectivity index (χ2n) is 10.6. The van der Waals surface area contributed by atoms with Crippen molar-refractivity contribution in [1.82, 2.24) is 10.2 Å². The van der Waals surface area contributed by atoms with Gasteiger partial charge in [-0.05, 0) is 80.6 Å². The Bertz CT molecular complexity index is 1520. The molecule has 43 heavy (non-hydrogen) atoms. The summed E-state index contributed by atoms with van der Waals surface area (Å²) < 4.78 is 40.3. The Hall–Kier alpha value is -4.05. The fourth-order valence-electron chi connectivity index (χ4n) is 4.82. The summed E-state index contributed by atoms with van der Waals surface area (Å²) in [5.74, 6) is -0.183. The number of amides is 2. The van der Waals surface area contributed by atoms with Crippen LogP contribution in [-0.2, 0) is 26.2 Å². The smallest absolute Gasteiger partial charge is 0.264 e. The zero-order valence-corrected chi connectivity index (χ0v) is 27.0. The number of aryl methyl sites for hydroxylation is 3. The number of methoxy groups -OCH3 is 2. The van der Waals surface area contributed by atoms with Crippen LogP contribution in [0.2, 0.25) is 0 Å². The van der Waals surface area contributed by atoms with Crippen molar-refractivity contribution >= 4 is 27.5 Å². The molecule has 0 saturated heterocycles. The lowest BCUT2D eigenvalue weighted by atomic mass is 10.1. The topological polar surface area (TPSA) is 105 Å². The molecular formula is C33H43N3O6S. The van der Waals surface area contributed by atoms with E-state index in [-0.39, 0.29) is 23.1 Å². The molecule has 0 aromatic heterocycles. The standard InChI is InChI=1S/C33H43N3O6S/c1-8-9-16-34-33(38)26(5)35(21-27-13-11-10-12-25(27)4)32(37)22-36(28-18-23(2)17-24(3)19-28)43(39,40)29-14-15-30(41-6)31(20-29)42-7/h10-15,17-20,26H,8-9,16,21-22H2,1-7H3,(H,34,38). The van der Waals surface area contributed by atoms with Crippen LogP contribution in [0.15, 0.2) is 65.6 Å². The highest BCUT2D eigenvalue weighted by Crippen LogP contribution is 2.33. The maximum atomic E-state index is 14.3. The molecule has 0 heterocycles. The number of nitrogens with zero attached hydrogens (tertiary/aromatic N) is 2. The van der Waals surface area contributed by atoms with E-state index in [9.17, 15) is 18.0 Å². The number of hydrogen-bond acceptors (Lipinski definition) is 6. The Kier molecular flexibility index (Phi) is 11.6. The first kappa shape index (κ1) is 33.5. The molecule has 3 aromatic carbocycles. The molecule has 3 rings (SSSR count). The second kappa shape index (κ2) is 14.9. The van der Waals surface area contributed by atoms with Crippen LogP contribution < -0.4 is 19.1 Å². The van der Waals surface area contributed by atoms with E-state index >= 15 is 0 Å². The van der Waals surface area contributed by atoms with Gasteiger partial charge in [-0.3, -0.25) is 13.9 Å². The van der Waals surface area contributed by atoms with Crippen LogP contribution in [0, 0.1) is 20.8 Å². The van der Waals surface area contributed by atoms with E-state index < -0.39 is 28.5 Å². The number of ether oxygens (including phenoxy) is 2. The molecule has 0 bridgehead atoms. The summed E-state index contributed by atoms with van der Waals surface area (Å²) in [6.45, 7) is 9.50. The summed E-state index contributed by atoms with van der Waals surface area (Å²) in [7, 11) is -1.37. The average molecular weight is 610 g/mol. The Morgan fingerprint density at radius 1 is 0.907 bits per heavy atom. The van der Waals surface area contributed by atoms with Crippen LogP contribution in [-0.4, -0.2) is 58.5 Å². The largest absolute Gasteiger partial charge is 0.493 e. The summed E-state index contributed by atoms with van der Waals surface area (Å²) in [6.07, 6.45) is 1.73. The summed E-state index contributed by atoms with van der Waals surface area (Å²) >= 11 is 0. The minimum absolute atomic E-state index is 0.0621. The Balaban J connectivity index is 2.09. The number of hydrogen-bond donors (Lipinski definition) is 1. The first-order chi connectivity index (χ1) is 20.4. The number of nitrogens with one attached hydrogen (secondary N) is 1. The number of unbranched alkanes of at least 4 members (excludes halogenated alkanes) is 1. The van der Waals surface area contributed by atoms with Gasteiger partial charge in [0, 0.05) is 19.2 Å². The molecule has 1 unspecified atom stereocenters. The third kappa shape index (κ3) is 8.28. The molecule has 1 atom stereocenters. The van der Waals surface area contributed by atoms with Crippen molar-refractivity contribution in [3.8, 4) is 11.5 Å². The SMILES string of the molecule is CCCCNC(=O)C(C)N(Cc1ccccc1C)C(=O)CN(c1cc(C)cc(C)c1)S(=O)(=O)c1ccc(OC)c(OC)c1. The van der Waals surface area contributed by atoms with Crippen LogP contribution in [0.4, 0.5) is 5.69 Å². The van der Waals surface area contributed by atoms with Gasteiger partial charge >= 0.3 is 0 Å². The molecule has 3 aromatic rings. The zero-order valence-electron chi connectivity index (χ0n) is 26.1. The number of sulfonamides is 1. The van der Waals surface area contributed by atoms with E-state index in [0.29, 0.717) is 18.0 Å². The second-order valence-corrected chi connectivity index (χ2v) is 12.5. The fourth-order valence-corrected chi connectivity index (χ4v) is 6.23. The molecule has 232 valence electrons.